The smallest absolute Gasteiger partial charge is 0.145 e. The molecule has 0 fully saturated rings. The Bertz CT molecular complexity index is 496. The van der Waals surface area contributed by atoms with E-state index in [4.69, 9.17) is 5.73 Å². The number of halogens is 2. The highest BCUT2D eigenvalue weighted by Crippen LogP contribution is 2.24. The van der Waals surface area contributed by atoms with Crippen molar-refractivity contribution in [2.75, 3.05) is 0 Å². The third kappa shape index (κ3) is 1.67. The van der Waals surface area contributed by atoms with Gasteiger partial charge in [-0.05, 0) is 18.6 Å². The summed E-state index contributed by atoms with van der Waals surface area (Å²) < 4.78 is 27.2. The highest BCUT2D eigenvalue weighted by atomic mass is 19.1. The molecular formula is C10H10F2N4. The first-order valence-corrected chi connectivity index (χ1v) is 4.66. The Morgan fingerprint density at radius 3 is 2.75 bits per heavy atom. The third-order valence-electron chi connectivity index (χ3n) is 2.36. The molecule has 1 atom stereocenters. The van der Waals surface area contributed by atoms with Crippen molar-refractivity contribution in [3.63, 3.8) is 0 Å². The van der Waals surface area contributed by atoms with E-state index in [1.165, 1.54) is 18.5 Å². The standard InChI is InChI=1S/C10H10F2N4/c1-5-2-3-6(11)7(8(5)12)9(13)10-14-4-15-16-10/h2-4,9H,13H2,1H3,(H,14,15,16). The molecule has 84 valence electrons. The van der Waals surface area contributed by atoms with Gasteiger partial charge in [0.15, 0.2) is 0 Å². The SMILES string of the molecule is Cc1ccc(F)c(C(N)c2ncn[nH]2)c1F. The van der Waals surface area contributed by atoms with E-state index in [0.29, 0.717) is 5.56 Å². The Hall–Kier alpha value is -1.82. The molecule has 1 unspecified atom stereocenters. The molecule has 1 aromatic heterocycles. The molecule has 4 nitrogen and oxygen atoms in total. The van der Waals surface area contributed by atoms with Gasteiger partial charge in [0.2, 0.25) is 0 Å². The first kappa shape index (κ1) is 10.7. The van der Waals surface area contributed by atoms with Gasteiger partial charge in [0, 0.05) is 5.56 Å². The Kier molecular flexibility index (Phi) is 2.66. The molecule has 0 saturated carbocycles. The van der Waals surface area contributed by atoms with Crippen LogP contribution in [-0.2, 0) is 0 Å². The fourth-order valence-electron chi connectivity index (χ4n) is 1.46. The van der Waals surface area contributed by atoms with Crippen LogP contribution >= 0.6 is 0 Å². The summed E-state index contributed by atoms with van der Waals surface area (Å²) >= 11 is 0. The van der Waals surface area contributed by atoms with Gasteiger partial charge in [-0.3, -0.25) is 5.10 Å². The number of aromatic nitrogens is 3. The quantitative estimate of drug-likeness (QED) is 0.811. The monoisotopic (exact) mass is 224 g/mol. The number of H-pyrrole nitrogens is 1. The Morgan fingerprint density at radius 2 is 2.12 bits per heavy atom. The summed E-state index contributed by atoms with van der Waals surface area (Å²) in [4.78, 5) is 3.78. The van der Waals surface area contributed by atoms with Gasteiger partial charge in [-0.2, -0.15) is 5.10 Å². The summed E-state index contributed by atoms with van der Waals surface area (Å²) in [5.41, 5.74) is 5.86. The largest absolute Gasteiger partial charge is 0.317 e. The predicted molar refractivity (Wildman–Crippen MR) is 53.5 cm³/mol. The number of hydrogen-bond acceptors (Lipinski definition) is 3. The van der Waals surface area contributed by atoms with Gasteiger partial charge in [-0.1, -0.05) is 6.07 Å². The molecular weight excluding hydrogens is 214 g/mol. The summed E-state index contributed by atoms with van der Waals surface area (Å²) in [6.45, 7) is 1.55. The fraction of sp³-hybridized carbons (Fsp3) is 0.200. The highest BCUT2D eigenvalue weighted by molar-refractivity contribution is 5.31. The average Bonchev–Trinajstić information content (AvgIpc) is 2.77. The molecule has 0 amide bonds. The van der Waals surface area contributed by atoms with Gasteiger partial charge in [0.1, 0.15) is 23.8 Å². The van der Waals surface area contributed by atoms with Gasteiger partial charge < -0.3 is 5.73 Å². The van der Waals surface area contributed by atoms with Crippen LogP contribution in [0.25, 0.3) is 0 Å². The van der Waals surface area contributed by atoms with E-state index in [2.05, 4.69) is 15.2 Å². The lowest BCUT2D eigenvalue weighted by Crippen LogP contribution is -2.17. The molecule has 1 aromatic carbocycles. The molecule has 2 aromatic rings. The first-order chi connectivity index (χ1) is 7.61. The van der Waals surface area contributed by atoms with E-state index in [-0.39, 0.29) is 11.4 Å². The van der Waals surface area contributed by atoms with E-state index in [1.54, 1.807) is 6.92 Å². The number of benzene rings is 1. The minimum absolute atomic E-state index is 0.197. The molecule has 0 saturated heterocycles. The number of nitrogens with two attached hydrogens (primary N) is 1. The molecule has 0 aliphatic heterocycles. The van der Waals surface area contributed by atoms with Crippen molar-refractivity contribution in [2.24, 2.45) is 5.73 Å². The number of nitrogens with zero attached hydrogens (tertiary/aromatic N) is 2. The maximum Gasteiger partial charge on any atom is 0.145 e. The van der Waals surface area contributed by atoms with Crippen LogP contribution in [0.2, 0.25) is 0 Å². The van der Waals surface area contributed by atoms with Crippen molar-refractivity contribution in [2.45, 2.75) is 13.0 Å². The lowest BCUT2D eigenvalue weighted by Gasteiger charge is -2.12. The van der Waals surface area contributed by atoms with E-state index >= 15 is 0 Å². The van der Waals surface area contributed by atoms with Crippen molar-refractivity contribution in [3.8, 4) is 0 Å². The summed E-state index contributed by atoms with van der Waals surface area (Å²) in [6, 6.07) is 1.56. The van der Waals surface area contributed by atoms with Crippen LogP contribution in [0, 0.1) is 18.6 Å². The Morgan fingerprint density at radius 1 is 1.38 bits per heavy atom. The van der Waals surface area contributed by atoms with Crippen LogP contribution < -0.4 is 5.73 Å². The van der Waals surface area contributed by atoms with Crippen molar-refractivity contribution in [3.05, 3.63) is 47.0 Å². The first-order valence-electron chi connectivity index (χ1n) is 4.66. The number of hydrogen-bond donors (Lipinski definition) is 2. The molecule has 0 spiro atoms. The van der Waals surface area contributed by atoms with E-state index in [9.17, 15) is 8.78 Å². The zero-order valence-corrected chi connectivity index (χ0v) is 8.54. The topological polar surface area (TPSA) is 67.6 Å². The van der Waals surface area contributed by atoms with Gasteiger partial charge in [0.05, 0.1) is 6.04 Å². The van der Waals surface area contributed by atoms with Crippen LogP contribution in [0.3, 0.4) is 0 Å². The van der Waals surface area contributed by atoms with Crippen molar-refractivity contribution in [1.29, 1.82) is 0 Å². The highest BCUT2D eigenvalue weighted by Gasteiger charge is 2.21. The molecule has 16 heavy (non-hydrogen) atoms. The Labute approximate surface area is 90.5 Å². The molecule has 0 bridgehead atoms. The van der Waals surface area contributed by atoms with E-state index in [0.717, 1.165) is 0 Å². The average molecular weight is 224 g/mol. The molecule has 2 rings (SSSR count). The van der Waals surface area contributed by atoms with Crippen molar-refractivity contribution < 1.29 is 8.78 Å². The predicted octanol–water partition coefficient (Wildman–Crippen LogP) is 1.44. The van der Waals surface area contributed by atoms with Gasteiger partial charge in [0.25, 0.3) is 0 Å². The zero-order valence-electron chi connectivity index (χ0n) is 8.54. The van der Waals surface area contributed by atoms with Crippen molar-refractivity contribution >= 4 is 0 Å². The normalized spacial score (nSPS) is 12.8. The second-order valence-electron chi connectivity index (χ2n) is 3.44. The third-order valence-corrected chi connectivity index (χ3v) is 2.36. The fourth-order valence-corrected chi connectivity index (χ4v) is 1.46. The summed E-state index contributed by atoms with van der Waals surface area (Å²) in [6.07, 6.45) is 1.24. The zero-order chi connectivity index (χ0) is 11.7. The van der Waals surface area contributed by atoms with Gasteiger partial charge in [-0.15, -0.1) is 0 Å². The number of nitrogens with one attached hydrogen (secondary N) is 1. The second kappa shape index (κ2) is 3.97. The van der Waals surface area contributed by atoms with Crippen LogP contribution in [-0.4, -0.2) is 15.2 Å². The number of rotatable bonds is 2. The number of aryl methyl sites for hydroxylation is 1. The maximum absolute atomic E-state index is 13.7. The van der Waals surface area contributed by atoms with E-state index < -0.39 is 17.7 Å². The molecule has 6 heteroatoms. The summed E-state index contributed by atoms with van der Waals surface area (Å²) in [5.74, 6) is -1.11. The molecule has 0 aliphatic rings. The number of aromatic amines is 1. The maximum atomic E-state index is 13.7. The van der Waals surface area contributed by atoms with Crippen LogP contribution in [0.4, 0.5) is 8.78 Å². The minimum Gasteiger partial charge on any atom is -0.317 e. The lowest BCUT2D eigenvalue weighted by atomic mass is 10.0. The second-order valence-corrected chi connectivity index (χ2v) is 3.44. The van der Waals surface area contributed by atoms with Crippen molar-refractivity contribution in [1.82, 2.24) is 15.2 Å². The molecule has 0 aliphatic carbocycles. The minimum atomic E-state index is -0.984. The van der Waals surface area contributed by atoms with Crippen LogP contribution in [0.15, 0.2) is 18.5 Å². The molecule has 3 N–H and O–H groups in total. The van der Waals surface area contributed by atoms with Crippen LogP contribution in [0.5, 0.6) is 0 Å². The van der Waals surface area contributed by atoms with Crippen LogP contribution in [0.1, 0.15) is 23.0 Å². The summed E-state index contributed by atoms with van der Waals surface area (Å²) in [7, 11) is 0. The Balaban J connectivity index is 2.52. The molecule has 0 radical (unpaired) electrons. The van der Waals surface area contributed by atoms with Gasteiger partial charge in [-0.25, -0.2) is 13.8 Å². The lowest BCUT2D eigenvalue weighted by molar-refractivity contribution is 0.533. The van der Waals surface area contributed by atoms with E-state index in [1.807, 2.05) is 0 Å². The van der Waals surface area contributed by atoms with Gasteiger partial charge >= 0.3 is 0 Å². The summed E-state index contributed by atoms with van der Waals surface area (Å²) in [5, 5.41) is 6.08. The molecule has 1 heterocycles.